The van der Waals surface area contributed by atoms with Gasteiger partial charge in [-0.15, -0.1) is 0 Å². The van der Waals surface area contributed by atoms with Crippen molar-refractivity contribution >= 4 is 36.7 Å². The molecule has 0 spiro atoms. The van der Waals surface area contributed by atoms with Gasteiger partial charge < -0.3 is 24.0 Å². The summed E-state index contributed by atoms with van der Waals surface area (Å²) in [4.78, 5) is 37.4. The third-order valence-electron chi connectivity index (χ3n) is 6.90. The molecule has 40 heavy (non-hydrogen) atoms. The van der Waals surface area contributed by atoms with Crippen molar-refractivity contribution in [3.8, 4) is 0 Å². The van der Waals surface area contributed by atoms with Crippen LogP contribution in [0.2, 0.25) is 5.04 Å². The molecule has 3 aromatic carbocycles. The normalized spacial score (nSPS) is 19.0. The number of esters is 2. The molecule has 1 heterocycles. The number of carbonyl (C=O) groups excluding carboxylic acids is 3. The molecular formula is C31H35NO7Si. The van der Waals surface area contributed by atoms with Crippen LogP contribution in [0.4, 0.5) is 4.79 Å². The standard InChI is InChI=1S/C31H35NO7Si/c1-22(33)38-28-27(32-30(35)36-20-23-14-8-5-9-15-23)26(39-29(28)34)21-37-40(31(2,3)4,24-16-10-6-11-17-24)25-18-12-7-13-19-25/h5-19,26-28H,20-21H2,1-4H3,(H,32,35)/t26-,27-,28+/m1/s1. The number of nitrogens with one attached hydrogen (secondary N) is 1. The van der Waals surface area contributed by atoms with E-state index in [1.54, 1.807) is 0 Å². The molecule has 1 aliphatic rings. The maximum absolute atomic E-state index is 12.8. The number of carbonyl (C=O) groups is 3. The number of cyclic esters (lactones) is 1. The maximum Gasteiger partial charge on any atom is 0.407 e. The van der Waals surface area contributed by atoms with Gasteiger partial charge in [-0.25, -0.2) is 9.59 Å². The molecule has 4 rings (SSSR count). The molecule has 1 fully saturated rings. The first-order valence-corrected chi connectivity index (χ1v) is 15.1. The van der Waals surface area contributed by atoms with Crippen LogP contribution in [0.5, 0.6) is 0 Å². The van der Waals surface area contributed by atoms with E-state index in [-0.39, 0.29) is 18.3 Å². The van der Waals surface area contributed by atoms with E-state index < -0.39 is 44.6 Å². The Morgan fingerprint density at radius 2 is 1.40 bits per heavy atom. The molecule has 1 N–H and O–H groups in total. The van der Waals surface area contributed by atoms with E-state index in [1.807, 2.05) is 66.7 Å². The Labute approximate surface area is 235 Å². The number of hydrogen-bond donors (Lipinski definition) is 1. The van der Waals surface area contributed by atoms with E-state index in [0.717, 1.165) is 15.9 Å². The summed E-state index contributed by atoms with van der Waals surface area (Å²) in [6, 6.07) is 28.3. The lowest BCUT2D eigenvalue weighted by atomic mass is 10.1. The Kier molecular flexibility index (Phi) is 9.06. The first-order valence-electron chi connectivity index (χ1n) is 13.2. The first-order chi connectivity index (χ1) is 19.1. The fraction of sp³-hybridized carbons (Fsp3) is 0.323. The van der Waals surface area contributed by atoms with Gasteiger partial charge in [0, 0.05) is 6.92 Å². The van der Waals surface area contributed by atoms with Crippen molar-refractivity contribution < 1.29 is 33.0 Å². The summed E-state index contributed by atoms with van der Waals surface area (Å²) in [5, 5.41) is 4.49. The lowest BCUT2D eigenvalue weighted by molar-refractivity contribution is -0.160. The minimum Gasteiger partial charge on any atom is -0.455 e. The van der Waals surface area contributed by atoms with Crippen LogP contribution in [0.3, 0.4) is 0 Å². The van der Waals surface area contributed by atoms with Crippen molar-refractivity contribution in [1.82, 2.24) is 5.32 Å². The molecule has 0 radical (unpaired) electrons. The fourth-order valence-electron chi connectivity index (χ4n) is 5.11. The van der Waals surface area contributed by atoms with Crippen molar-refractivity contribution in [2.45, 2.75) is 57.6 Å². The van der Waals surface area contributed by atoms with E-state index in [1.165, 1.54) is 6.92 Å². The van der Waals surface area contributed by atoms with Crippen molar-refractivity contribution in [3.63, 3.8) is 0 Å². The van der Waals surface area contributed by atoms with Crippen molar-refractivity contribution in [2.75, 3.05) is 6.61 Å². The third kappa shape index (κ3) is 6.43. The lowest BCUT2D eigenvalue weighted by Crippen LogP contribution is -2.67. The molecule has 0 aliphatic carbocycles. The van der Waals surface area contributed by atoms with Gasteiger partial charge in [0.15, 0.2) is 0 Å². The van der Waals surface area contributed by atoms with Crippen LogP contribution >= 0.6 is 0 Å². The molecule has 8 nitrogen and oxygen atoms in total. The molecule has 3 aromatic rings. The highest BCUT2D eigenvalue weighted by atomic mass is 28.4. The van der Waals surface area contributed by atoms with Gasteiger partial charge in [0.05, 0.1) is 6.61 Å². The Morgan fingerprint density at radius 1 is 0.875 bits per heavy atom. The van der Waals surface area contributed by atoms with Gasteiger partial charge in [-0.3, -0.25) is 4.79 Å². The van der Waals surface area contributed by atoms with Crippen LogP contribution in [0.1, 0.15) is 33.3 Å². The molecule has 210 valence electrons. The zero-order valence-electron chi connectivity index (χ0n) is 23.2. The van der Waals surface area contributed by atoms with Gasteiger partial charge in [-0.05, 0) is 21.0 Å². The van der Waals surface area contributed by atoms with Gasteiger partial charge in [-0.2, -0.15) is 0 Å². The van der Waals surface area contributed by atoms with Crippen LogP contribution in [0.25, 0.3) is 0 Å². The monoisotopic (exact) mass is 561 g/mol. The van der Waals surface area contributed by atoms with Crippen molar-refractivity contribution in [2.24, 2.45) is 0 Å². The second kappa shape index (κ2) is 12.5. The minimum atomic E-state index is -2.96. The van der Waals surface area contributed by atoms with Crippen LogP contribution in [0.15, 0.2) is 91.0 Å². The summed E-state index contributed by atoms with van der Waals surface area (Å²) in [5.74, 6) is -1.42. The second-order valence-electron chi connectivity index (χ2n) is 10.7. The molecule has 1 amide bonds. The Bertz CT molecular complexity index is 1260. The summed E-state index contributed by atoms with van der Waals surface area (Å²) >= 11 is 0. The molecule has 0 unspecified atom stereocenters. The molecule has 1 saturated heterocycles. The van der Waals surface area contributed by atoms with E-state index in [0.29, 0.717) is 0 Å². The number of rotatable bonds is 9. The smallest absolute Gasteiger partial charge is 0.407 e. The largest absolute Gasteiger partial charge is 0.455 e. The summed E-state index contributed by atoms with van der Waals surface area (Å²) in [5.41, 5.74) is 0.805. The Balaban J connectivity index is 1.61. The predicted molar refractivity (Wildman–Crippen MR) is 153 cm³/mol. The summed E-state index contributed by atoms with van der Waals surface area (Å²) < 4.78 is 23.2. The summed E-state index contributed by atoms with van der Waals surface area (Å²) in [6.07, 6.45) is -3.00. The van der Waals surface area contributed by atoms with E-state index in [9.17, 15) is 14.4 Å². The van der Waals surface area contributed by atoms with Crippen LogP contribution < -0.4 is 15.7 Å². The Hall–Kier alpha value is -3.95. The topological polar surface area (TPSA) is 100 Å². The molecular weight excluding hydrogens is 526 g/mol. The Morgan fingerprint density at radius 3 is 1.90 bits per heavy atom. The number of ether oxygens (including phenoxy) is 3. The average Bonchev–Trinajstić information content (AvgIpc) is 3.22. The van der Waals surface area contributed by atoms with Gasteiger partial charge in [0.2, 0.25) is 6.10 Å². The fourth-order valence-corrected chi connectivity index (χ4v) is 9.68. The second-order valence-corrected chi connectivity index (χ2v) is 15.0. The van der Waals surface area contributed by atoms with Crippen LogP contribution in [-0.4, -0.2) is 51.2 Å². The lowest BCUT2D eigenvalue weighted by Gasteiger charge is -2.43. The molecule has 3 atom stereocenters. The molecule has 9 heteroatoms. The van der Waals surface area contributed by atoms with E-state index >= 15 is 0 Å². The van der Waals surface area contributed by atoms with Gasteiger partial charge >= 0.3 is 18.0 Å². The highest BCUT2D eigenvalue weighted by molar-refractivity contribution is 6.99. The first kappa shape index (κ1) is 29.0. The van der Waals surface area contributed by atoms with Crippen LogP contribution in [0, 0.1) is 0 Å². The number of benzene rings is 3. The van der Waals surface area contributed by atoms with Crippen molar-refractivity contribution in [3.05, 3.63) is 96.6 Å². The molecule has 0 bridgehead atoms. The van der Waals surface area contributed by atoms with Gasteiger partial charge in [0.1, 0.15) is 18.8 Å². The molecule has 0 aromatic heterocycles. The highest BCUT2D eigenvalue weighted by Crippen LogP contribution is 2.37. The van der Waals surface area contributed by atoms with E-state index in [4.69, 9.17) is 18.6 Å². The predicted octanol–water partition coefficient (Wildman–Crippen LogP) is 3.72. The maximum atomic E-state index is 12.8. The SMILES string of the molecule is CC(=O)O[C@@H]1C(=O)O[C@H](CO[Si](c2ccccc2)(c2ccccc2)C(C)(C)C)[C@H]1NC(=O)OCc1ccccc1. The van der Waals surface area contributed by atoms with Gasteiger partial charge in [0.25, 0.3) is 8.32 Å². The number of amides is 1. The zero-order chi connectivity index (χ0) is 28.8. The zero-order valence-corrected chi connectivity index (χ0v) is 24.2. The van der Waals surface area contributed by atoms with Crippen molar-refractivity contribution in [1.29, 1.82) is 0 Å². The highest BCUT2D eigenvalue weighted by Gasteiger charge is 2.53. The third-order valence-corrected chi connectivity index (χ3v) is 11.9. The summed E-state index contributed by atoms with van der Waals surface area (Å²) in [6.45, 7) is 7.62. The van der Waals surface area contributed by atoms with Crippen LogP contribution in [-0.2, 0) is 34.8 Å². The summed E-state index contributed by atoms with van der Waals surface area (Å²) in [7, 11) is -2.96. The van der Waals surface area contributed by atoms with Gasteiger partial charge in [-0.1, -0.05) is 112 Å². The minimum absolute atomic E-state index is 0.0274. The number of alkyl carbamates (subject to hydrolysis) is 1. The van der Waals surface area contributed by atoms with E-state index in [2.05, 4.69) is 50.4 Å². The molecule has 0 saturated carbocycles. The average molecular weight is 562 g/mol. The quantitative estimate of drug-likeness (QED) is 0.242. The number of hydrogen-bond acceptors (Lipinski definition) is 7. The molecule has 1 aliphatic heterocycles.